The molecule has 2 heterocycles. The third-order valence-electron chi connectivity index (χ3n) is 2.29. The van der Waals surface area contributed by atoms with E-state index in [2.05, 4.69) is 25.2 Å². The summed E-state index contributed by atoms with van der Waals surface area (Å²) >= 11 is 0. The lowest BCUT2D eigenvalue weighted by atomic mass is 10.5. The van der Waals surface area contributed by atoms with Crippen molar-refractivity contribution < 1.29 is 12.9 Å². The first-order valence-corrected chi connectivity index (χ1v) is 6.92. The second kappa shape index (κ2) is 5.33. The van der Waals surface area contributed by atoms with Crippen LogP contribution < -0.4 is 10.0 Å². The summed E-state index contributed by atoms with van der Waals surface area (Å²) in [7, 11) is -1.93. The average molecular weight is 283 g/mol. The Labute approximate surface area is 110 Å². The van der Waals surface area contributed by atoms with Crippen LogP contribution >= 0.6 is 0 Å². The molecule has 0 aliphatic carbocycles. The molecule has 0 radical (unpaired) electrons. The van der Waals surface area contributed by atoms with Crippen LogP contribution in [0.4, 0.5) is 5.82 Å². The van der Waals surface area contributed by atoms with Crippen LogP contribution in [-0.4, -0.2) is 30.6 Å². The van der Waals surface area contributed by atoms with Crippen molar-refractivity contribution in [1.82, 2.24) is 19.8 Å². The van der Waals surface area contributed by atoms with Crippen molar-refractivity contribution in [2.45, 2.75) is 18.4 Å². The molecule has 0 aliphatic rings. The van der Waals surface area contributed by atoms with Crippen molar-refractivity contribution in [3.05, 3.63) is 30.0 Å². The molecule has 0 saturated carbocycles. The predicted molar refractivity (Wildman–Crippen MR) is 66.8 cm³/mol. The molecule has 0 atom stereocenters. The maximum absolute atomic E-state index is 12.0. The van der Waals surface area contributed by atoms with Crippen LogP contribution in [0.1, 0.15) is 11.7 Å². The first-order chi connectivity index (χ1) is 9.01. The Morgan fingerprint density at radius 3 is 2.68 bits per heavy atom. The smallest absolute Gasteiger partial charge is 0.242 e. The molecule has 0 amide bonds. The van der Waals surface area contributed by atoms with E-state index in [-0.39, 0.29) is 17.3 Å². The first-order valence-electron chi connectivity index (χ1n) is 5.44. The van der Waals surface area contributed by atoms with Crippen LogP contribution in [0.2, 0.25) is 0 Å². The SMILES string of the molecule is CNc1ccc(S(=O)(=O)NCc2noc(C)n2)cn1. The Morgan fingerprint density at radius 1 is 1.37 bits per heavy atom. The Balaban J connectivity index is 2.09. The fourth-order valence-electron chi connectivity index (χ4n) is 1.34. The van der Waals surface area contributed by atoms with Crippen molar-refractivity contribution >= 4 is 15.8 Å². The van der Waals surface area contributed by atoms with Crippen LogP contribution in [0.3, 0.4) is 0 Å². The van der Waals surface area contributed by atoms with Gasteiger partial charge in [-0.2, -0.15) is 4.98 Å². The third kappa shape index (κ3) is 3.26. The maximum atomic E-state index is 12.0. The quantitative estimate of drug-likeness (QED) is 0.811. The Bertz CT molecular complexity index is 650. The van der Waals surface area contributed by atoms with Crippen LogP contribution in [0.25, 0.3) is 0 Å². The lowest BCUT2D eigenvalue weighted by Gasteiger charge is -2.05. The normalized spacial score (nSPS) is 11.5. The molecule has 0 bridgehead atoms. The van der Waals surface area contributed by atoms with Crippen LogP contribution in [0.5, 0.6) is 0 Å². The lowest BCUT2D eigenvalue weighted by molar-refractivity contribution is 0.387. The van der Waals surface area contributed by atoms with E-state index in [0.717, 1.165) is 0 Å². The van der Waals surface area contributed by atoms with Gasteiger partial charge in [-0.1, -0.05) is 5.16 Å². The van der Waals surface area contributed by atoms with E-state index in [1.807, 2.05) is 0 Å². The van der Waals surface area contributed by atoms with Crippen molar-refractivity contribution in [2.75, 3.05) is 12.4 Å². The molecule has 0 aromatic carbocycles. The second-order valence-electron chi connectivity index (χ2n) is 3.68. The summed E-state index contributed by atoms with van der Waals surface area (Å²) in [6.07, 6.45) is 1.27. The van der Waals surface area contributed by atoms with Crippen molar-refractivity contribution in [3.8, 4) is 0 Å². The van der Waals surface area contributed by atoms with Gasteiger partial charge >= 0.3 is 0 Å². The van der Waals surface area contributed by atoms with Gasteiger partial charge in [-0.05, 0) is 12.1 Å². The number of aromatic nitrogens is 3. The van der Waals surface area contributed by atoms with Gasteiger partial charge in [0.25, 0.3) is 0 Å². The van der Waals surface area contributed by atoms with Crippen molar-refractivity contribution in [2.24, 2.45) is 0 Å². The number of pyridine rings is 1. The molecule has 0 spiro atoms. The molecule has 0 unspecified atom stereocenters. The zero-order chi connectivity index (χ0) is 13.9. The minimum Gasteiger partial charge on any atom is -0.373 e. The number of nitrogens with one attached hydrogen (secondary N) is 2. The number of anilines is 1. The van der Waals surface area contributed by atoms with E-state index in [4.69, 9.17) is 4.52 Å². The number of hydrogen-bond acceptors (Lipinski definition) is 7. The van der Waals surface area contributed by atoms with Crippen LogP contribution in [0, 0.1) is 6.92 Å². The summed E-state index contributed by atoms with van der Waals surface area (Å²) in [5.41, 5.74) is 0. The van der Waals surface area contributed by atoms with E-state index in [9.17, 15) is 8.42 Å². The van der Waals surface area contributed by atoms with Gasteiger partial charge in [0.05, 0.1) is 6.54 Å². The van der Waals surface area contributed by atoms with Crippen molar-refractivity contribution in [3.63, 3.8) is 0 Å². The molecule has 9 heteroatoms. The van der Waals surface area contributed by atoms with Crippen LogP contribution in [-0.2, 0) is 16.6 Å². The van der Waals surface area contributed by atoms with Crippen LogP contribution in [0.15, 0.2) is 27.7 Å². The zero-order valence-electron chi connectivity index (χ0n) is 10.4. The highest BCUT2D eigenvalue weighted by molar-refractivity contribution is 7.89. The predicted octanol–water partition coefficient (Wildman–Crippen LogP) is 0.293. The molecule has 0 aliphatic heterocycles. The largest absolute Gasteiger partial charge is 0.373 e. The van der Waals surface area contributed by atoms with Gasteiger partial charge in [-0.3, -0.25) is 0 Å². The van der Waals surface area contributed by atoms with E-state index in [1.54, 1.807) is 20.0 Å². The molecule has 2 aromatic rings. The third-order valence-corrected chi connectivity index (χ3v) is 3.68. The summed E-state index contributed by atoms with van der Waals surface area (Å²) in [6.45, 7) is 1.60. The molecule has 0 fully saturated rings. The van der Waals surface area contributed by atoms with Gasteiger partial charge in [-0.15, -0.1) is 0 Å². The number of sulfonamides is 1. The standard InChI is InChI=1S/C10H13N5O3S/c1-7-14-10(15-18-7)6-13-19(16,17)8-3-4-9(11-2)12-5-8/h3-5,13H,6H2,1-2H3,(H,11,12). The Morgan fingerprint density at radius 2 is 2.16 bits per heavy atom. The summed E-state index contributed by atoms with van der Waals surface area (Å²) in [5, 5.41) is 6.41. The van der Waals surface area contributed by atoms with Gasteiger partial charge in [0, 0.05) is 20.2 Å². The monoisotopic (exact) mass is 283 g/mol. The van der Waals surface area contributed by atoms with E-state index >= 15 is 0 Å². The summed E-state index contributed by atoms with van der Waals surface area (Å²) in [5.74, 6) is 1.25. The van der Waals surface area contributed by atoms with Gasteiger partial charge in [-0.25, -0.2) is 18.1 Å². The lowest BCUT2D eigenvalue weighted by Crippen LogP contribution is -2.24. The molecule has 0 saturated heterocycles. The Kier molecular flexibility index (Phi) is 3.76. The highest BCUT2D eigenvalue weighted by Crippen LogP contribution is 2.10. The molecule has 8 nitrogen and oxygen atoms in total. The van der Waals surface area contributed by atoms with E-state index in [0.29, 0.717) is 11.7 Å². The highest BCUT2D eigenvalue weighted by atomic mass is 32.2. The first kappa shape index (κ1) is 13.4. The fraction of sp³-hybridized carbons (Fsp3) is 0.300. The number of hydrogen-bond donors (Lipinski definition) is 2. The van der Waals surface area contributed by atoms with E-state index < -0.39 is 10.0 Å². The summed E-state index contributed by atoms with van der Waals surface area (Å²) in [4.78, 5) is 7.92. The minimum atomic E-state index is -3.64. The molecule has 102 valence electrons. The summed E-state index contributed by atoms with van der Waals surface area (Å²) in [6, 6.07) is 3.04. The molecule has 19 heavy (non-hydrogen) atoms. The average Bonchev–Trinajstić information content (AvgIpc) is 2.82. The molecular formula is C10H13N5O3S. The molecular weight excluding hydrogens is 270 g/mol. The molecule has 2 N–H and O–H groups in total. The van der Waals surface area contributed by atoms with Gasteiger partial charge in [0.15, 0.2) is 5.82 Å². The molecule has 2 aromatic heterocycles. The molecule has 2 rings (SSSR count). The zero-order valence-corrected chi connectivity index (χ0v) is 11.2. The topological polar surface area (TPSA) is 110 Å². The van der Waals surface area contributed by atoms with Crippen molar-refractivity contribution in [1.29, 1.82) is 0 Å². The van der Waals surface area contributed by atoms with Gasteiger partial charge in [0.1, 0.15) is 10.7 Å². The maximum Gasteiger partial charge on any atom is 0.242 e. The highest BCUT2D eigenvalue weighted by Gasteiger charge is 2.15. The van der Waals surface area contributed by atoms with Gasteiger partial charge < -0.3 is 9.84 Å². The number of aryl methyl sites for hydroxylation is 1. The number of rotatable bonds is 5. The Hall–Kier alpha value is -2.00. The minimum absolute atomic E-state index is 0.0343. The van der Waals surface area contributed by atoms with Gasteiger partial charge in [0.2, 0.25) is 15.9 Å². The fourth-order valence-corrected chi connectivity index (χ4v) is 2.27. The number of nitrogens with zero attached hydrogens (tertiary/aromatic N) is 3. The summed E-state index contributed by atoms with van der Waals surface area (Å²) < 4.78 is 31.0. The van der Waals surface area contributed by atoms with E-state index in [1.165, 1.54) is 12.3 Å². The second-order valence-corrected chi connectivity index (χ2v) is 5.45.